The molecule has 1 aromatic rings. The summed E-state index contributed by atoms with van der Waals surface area (Å²) in [5.41, 5.74) is 1.26. The summed E-state index contributed by atoms with van der Waals surface area (Å²) in [6, 6.07) is 6.53. The number of nitrogens with one attached hydrogen (secondary N) is 1. The Morgan fingerprint density at radius 2 is 1.90 bits per heavy atom. The minimum atomic E-state index is 0.366. The maximum absolute atomic E-state index is 5.96. The van der Waals surface area contributed by atoms with Gasteiger partial charge >= 0.3 is 0 Å². The van der Waals surface area contributed by atoms with Crippen molar-refractivity contribution in [3.05, 3.63) is 23.8 Å². The topological polar surface area (TPSA) is 30.5 Å². The van der Waals surface area contributed by atoms with Crippen molar-refractivity contribution in [2.24, 2.45) is 5.92 Å². The summed E-state index contributed by atoms with van der Waals surface area (Å²) < 4.78 is 11.4. The largest absolute Gasteiger partial charge is 0.493 e. The Hall–Kier alpha value is -1.22. The highest BCUT2D eigenvalue weighted by atomic mass is 16.5. The standard InChI is InChI=1S/C17H29NO2/c1-6-10-18-15(13(3)4)12-20-16-9-8-14(7-2)11-17(16)19-5/h8-9,11,13,15,18H,6-7,10,12H2,1-5H3. The summed E-state index contributed by atoms with van der Waals surface area (Å²) >= 11 is 0. The van der Waals surface area contributed by atoms with Gasteiger partial charge in [0.25, 0.3) is 0 Å². The van der Waals surface area contributed by atoms with Crippen LogP contribution in [-0.4, -0.2) is 26.3 Å². The molecule has 0 aliphatic carbocycles. The molecule has 0 spiro atoms. The van der Waals surface area contributed by atoms with Crippen molar-refractivity contribution < 1.29 is 9.47 Å². The minimum absolute atomic E-state index is 0.366. The molecule has 0 aliphatic heterocycles. The molecular formula is C17H29NO2. The van der Waals surface area contributed by atoms with Crippen molar-refractivity contribution in [1.82, 2.24) is 5.32 Å². The third-order valence-electron chi connectivity index (χ3n) is 3.52. The molecule has 0 amide bonds. The molecule has 1 unspecified atom stereocenters. The van der Waals surface area contributed by atoms with E-state index in [1.165, 1.54) is 5.56 Å². The van der Waals surface area contributed by atoms with E-state index in [1.807, 2.05) is 6.07 Å². The third kappa shape index (κ3) is 5.04. The second-order valence-corrected chi connectivity index (χ2v) is 5.45. The highest BCUT2D eigenvalue weighted by Gasteiger charge is 2.14. The van der Waals surface area contributed by atoms with E-state index in [-0.39, 0.29) is 0 Å². The Labute approximate surface area is 123 Å². The summed E-state index contributed by atoms with van der Waals surface area (Å²) in [5, 5.41) is 3.53. The zero-order valence-corrected chi connectivity index (χ0v) is 13.5. The molecule has 114 valence electrons. The molecule has 0 fully saturated rings. The van der Waals surface area contributed by atoms with Crippen molar-refractivity contribution in [3.63, 3.8) is 0 Å². The molecule has 20 heavy (non-hydrogen) atoms. The van der Waals surface area contributed by atoms with Gasteiger partial charge in [-0.3, -0.25) is 0 Å². The summed E-state index contributed by atoms with van der Waals surface area (Å²) in [6.07, 6.45) is 2.14. The van der Waals surface area contributed by atoms with Gasteiger partial charge in [0.1, 0.15) is 6.61 Å². The summed E-state index contributed by atoms with van der Waals surface area (Å²) in [7, 11) is 1.69. The number of aryl methyl sites for hydroxylation is 1. The first-order valence-electron chi connectivity index (χ1n) is 7.65. The average molecular weight is 279 g/mol. The number of hydrogen-bond donors (Lipinski definition) is 1. The fourth-order valence-electron chi connectivity index (χ4n) is 2.05. The van der Waals surface area contributed by atoms with Gasteiger partial charge in [-0.1, -0.05) is 33.8 Å². The Morgan fingerprint density at radius 3 is 2.45 bits per heavy atom. The number of ether oxygens (including phenoxy) is 2. The van der Waals surface area contributed by atoms with Crippen LogP contribution in [0.25, 0.3) is 0 Å². The fourth-order valence-corrected chi connectivity index (χ4v) is 2.05. The normalized spacial score (nSPS) is 12.5. The molecule has 0 bridgehead atoms. The Balaban J connectivity index is 2.67. The van der Waals surface area contributed by atoms with Crippen LogP contribution in [0.3, 0.4) is 0 Å². The van der Waals surface area contributed by atoms with Crippen molar-refractivity contribution in [3.8, 4) is 11.5 Å². The van der Waals surface area contributed by atoms with Crippen LogP contribution in [-0.2, 0) is 6.42 Å². The van der Waals surface area contributed by atoms with Crippen LogP contribution in [0.15, 0.2) is 18.2 Å². The molecule has 0 saturated heterocycles. The summed E-state index contributed by atoms with van der Waals surface area (Å²) in [4.78, 5) is 0. The SMILES string of the molecule is CCCNC(COc1ccc(CC)cc1OC)C(C)C. The van der Waals surface area contributed by atoms with Crippen molar-refractivity contribution in [1.29, 1.82) is 0 Å². The number of rotatable bonds is 9. The van der Waals surface area contributed by atoms with Crippen molar-refractivity contribution in [2.75, 3.05) is 20.3 Å². The number of methoxy groups -OCH3 is 1. The highest BCUT2D eigenvalue weighted by Crippen LogP contribution is 2.28. The maximum atomic E-state index is 5.96. The molecule has 1 aromatic carbocycles. The van der Waals surface area contributed by atoms with Gasteiger partial charge in [0.05, 0.1) is 7.11 Å². The van der Waals surface area contributed by atoms with E-state index in [9.17, 15) is 0 Å². The van der Waals surface area contributed by atoms with Gasteiger partial charge in [-0.2, -0.15) is 0 Å². The van der Waals surface area contributed by atoms with E-state index in [4.69, 9.17) is 9.47 Å². The van der Waals surface area contributed by atoms with E-state index in [0.717, 1.165) is 30.9 Å². The Morgan fingerprint density at radius 1 is 1.15 bits per heavy atom. The molecule has 1 N–H and O–H groups in total. The zero-order valence-electron chi connectivity index (χ0n) is 13.5. The summed E-state index contributed by atoms with van der Waals surface area (Å²) in [5.74, 6) is 2.19. The average Bonchev–Trinajstić information content (AvgIpc) is 2.46. The van der Waals surface area contributed by atoms with E-state index in [0.29, 0.717) is 18.6 Å². The smallest absolute Gasteiger partial charge is 0.161 e. The molecular weight excluding hydrogens is 250 g/mol. The number of hydrogen-bond acceptors (Lipinski definition) is 3. The Kier molecular flexibility index (Phi) is 7.45. The van der Waals surface area contributed by atoms with E-state index in [1.54, 1.807) is 7.11 Å². The van der Waals surface area contributed by atoms with Crippen molar-refractivity contribution in [2.45, 2.75) is 46.6 Å². The lowest BCUT2D eigenvalue weighted by Crippen LogP contribution is -2.39. The second-order valence-electron chi connectivity index (χ2n) is 5.45. The molecule has 1 rings (SSSR count). The van der Waals surface area contributed by atoms with Gasteiger partial charge < -0.3 is 14.8 Å². The fraction of sp³-hybridized carbons (Fsp3) is 0.647. The van der Waals surface area contributed by atoms with Crippen LogP contribution >= 0.6 is 0 Å². The quantitative estimate of drug-likeness (QED) is 0.748. The summed E-state index contributed by atoms with van der Waals surface area (Å²) in [6.45, 7) is 10.4. The lowest BCUT2D eigenvalue weighted by Gasteiger charge is -2.23. The van der Waals surface area contributed by atoms with Crippen LogP contribution < -0.4 is 14.8 Å². The van der Waals surface area contributed by atoms with Gasteiger partial charge in [0, 0.05) is 6.04 Å². The highest BCUT2D eigenvalue weighted by molar-refractivity contribution is 5.42. The minimum Gasteiger partial charge on any atom is -0.493 e. The lowest BCUT2D eigenvalue weighted by molar-refractivity contribution is 0.222. The van der Waals surface area contributed by atoms with Crippen LogP contribution in [0.4, 0.5) is 0 Å². The maximum Gasteiger partial charge on any atom is 0.161 e. The molecule has 0 radical (unpaired) electrons. The lowest BCUT2D eigenvalue weighted by atomic mass is 10.1. The number of benzene rings is 1. The first-order valence-corrected chi connectivity index (χ1v) is 7.65. The molecule has 3 nitrogen and oxygen atoms in total. The molecule has 0 heterocycles. The van der Waals surface area contributed by atoms with Gasteiger partial charge in [-0.15, -0.1) is 0 Å². The second kappa shape index (κ2) is 8.85. The van der Waals surface area contributed by atoms with E-state index < -0.39 is 0 Å². The molecule has 3 heteroatoms. The first-order chi connectivity index (χ1) is 9.62. The molecule has 1 atom stereocenters. The molecule has 0 saturated carbocycles. The van der Waals surface area contributed by atoms with Crippen LogP contribution in [0.1, 0.15) is 39.7 Å². The predicted molar refractivity (Wildman–Crippen MR) is 84.8 cm³/mol. The van der Waals surface area contributed by atoms with E-state index in [2.05, 4.69) is 45.1 Å². The van der Waals surface area contributed by atoms with Crippen LogP contribution in [0, 0.1) is 5.92 Å². The monoisotopic (exact) mass is 279 g/mol. The zero-order chi connectivity index (χ0) is 15.0. The first kappa shape index (κ1) is 16.8. The van der Waals surface area contributed by atoms with Gasteiger partial charge in [-0.05, 0) is 43.0 Å². The molecule has 0 aromatic heterocycles. The van der Waals surface area contributed by atoms with Crippen molar-refractivity contribution >= 4 is 0 Å². The predicted octanol–water partition coefficient (Wildman–Crippen LogP) is 3.66. The van der Waals surface area contributed by atoms with Gasteiger partial charge in [-0.25, -0.2) is 0 Å². The molecule has 0 aliphatic rings. The Bertz CT molecular complexity index is 391. The van der Waals surface area contributed by atoms with E-state index >= 15 is 0 Å². The van der Waals surface area contributed by atoms with Gasteiger partial charge in [0.15, 0.2) is 11.5 Å². The third-order valence-corrected chi connectivity index (χ3v) is 3.52. The van der Waals surface area contributed by atoms with Gasteiger partial charge in [0.2, 0.25) is 0 Å². The van der Waals surface area contributed by atoms with Crippen LogP contribution in [0.2, 0.25) is 0 Å². The van der Waals surface area contributed by atoms with Crippen LogP contribution in [0.5, 0.6) is 11.5 Å².